The molecular weight excluding hydrogens is 296 g/mol. The van der Waals surface area contributed by atoms with Crippen LogP contribution < -0.4 is 5.32 Å². The Morgan fingerprint density at radius 1 is 1.30 bits per heavy atom. The van der Waals surface area contributed by atoms with Gasteiger partial charge in [0.1, 0.15) is 0 Å². The van der Waals surface area contributed by atoms with Crippen molar-refractivity contribution in [2.75, 3.05) is 13.1 Å². The van der Waals surface area contributed by atoms with Gasteiger partial charge in [0.2, 0.25) is 10.0 Å². The zero-order valence-corrected chi connectivity index (χ0v) is 13.5. The highest BCUT2D eigenvalue weighted by Gasteiger charge is 2.27. The van der Waals surface area contributed by atoms with Gasteiger partial charge < -0.3 is 5.32 Å². The van der Waals surface area contributed by atoms with E-state index in [4.69, 9.17) is 11.6 Å². The van der Waals surface area contributed by atoms with Gasteiger partial charge in [0.25, 0.3) is 0 Å². The molecule has 20 heavy (non-hydrogen) atoms. The SMILES string of the molecule is CC(C)NCc1ccc(S(=O)(=O)N2CCCC2)cc1Cl. The molecular formula is C14H21ClN2O2S. The maximum atomic E-state index is 12.4. The number of hydrogen-bond donors (Lipinski definition) is 1. The average Bonchev–Trinajstić information content (AvgIpc) is 2.91. The highest BCUT2D eigenvalue weighted by atomic mass is 35.5. The molecule has 0 aromatic heterocycles. The Kier molecular flexibility index (Phi) is 5.07. The zero-order valence-electron chi connectivity index (χ0n) is 11.9. The number of sulfonamides is 1. The molecule has 0 bridgehead atoms. The molecule has 1 aliphatic rings. The lowest BCUT2D eigenvalue weighted by atomic mass is 10.2. The van der Waals surface area contributed by atoms with Gasteiger partial charge in [-0.2, -0.15) is 4.31 Å². The minimum Gasteiger partial charge on any atom is -0.310 e. The summed E-state index contributed by atoms with van der Waals surface area (Å²) in [5, 5.41) is 3.77. The van der Waals surface area contributed by atoms with Crippen molar-refractivity contribution < 1.29 is 8.42 Å². The molecule has 0 aliphatic carbocycles. The van der Waals surface area contributed by atoms with Gasteiger partial charge in [-0.15, -0.1) is 0 Å². The van der Waals surface area contributed by atoms with Gasteiger partial charge in [0.15, 0.2) is 0 Å². The second-order valence-corrected chi connectivity index (χ2v) is 7.75. The summed E-state index contributed by atoms with van der Waals surface area (Å²) in [5.74, 6) is 0. The van der Waals surface area contributed by atoms with E-state index in [2.05, 4.69) is 19.2 Å². The molecule has 6 heteroatoms. The first kappa shape index (κ1) is 15.8. The van der Waals surface area contributed by atoms with E-state index in [1.165, 1.54) is 4.31 Å². The zero-order chi connectivity index (χ0) is 14.8. The van der Waals surface area contributed by atoms with Crippen molar-refractivity contribution >= 4 is 21.6 Å². The third-order valence-corrected chi connectivity index (χ3v) is 5.67. The van der Waals surface area contributed by atoms with Crippen LogP contribution in [0.4, 0.5) is 0 Å². The fourth-order valence-electron chi connectivity index (χ4n) is 2.22. The Labute approximate surface area is 126 Å². The lowest BCUT2D eigenvalue weighted by Gasteiger charge is -2.16. The number of benzene rings is 1. The van der Waals surface area contributed by atoms with Crippen LogP contribution in [-0.2, 0) is 16.6 Å². The highest BCUT2D eigenvalue weighted by molar-refractivity contribution is 7.89. The quantitative estimate of drug-likeness (QED) is 0.908. The second-order valence-electron chi connectivity index (χ2n) is 5.40. The van der Waals surface area contributed by atoms with Gasteiger partial charge in [-0.25, -0.2) is 8.42 Å². The highest BCUT2D eigenvalue weighted by Crippen LogP contribution is 2.25. The van der Waals surface area contributed by atoms with E-state index in [-0.39, 0.29) is 4.90 Å². The van der Waals surface area contributed by atoms with Gasteiger partial charge in [-0.05, 0) is 30.5 Å². The number of nitrogens with zero attached hydrogens (tertiary/aromatic N) is 1. The summed E-state index contributed by atoms with van der Waals surface area (Å²) in [6.07, 6.45) is 1.87. The molecule has 1 aromatic rings. The Balaban J connectivity index is 2.20. The maximum Gasteiger partial charge on any atom is 0.243 e. The molecule has 1 N–H and O–H groups in total. The smallest absolute Gasteiger partial charge is 0.243 e. The first-order valence-corrected chi connectivity index (χ1v) is 8.75. The molecule has 1 aliphatic heterocycles. The van der Waals surface area contributed by atoms with Crippen LogP contribution in [0.15, 0.2) is 23.1 Å². The van der Waals surface area contributed by atoms with Gasteiger partial charge >= 0.3 is 0 Å². The molecule has 0 amide bonds. The van der Waals surface area contributed by atoms with Crippen molar-refractivity contribution in [1.29, 1.82) is 0 Å². The summed E-state index contributed by atoms with van der Waals surface area (Å²) < 4.78 is 26.4. The van der Waals surface area contributed by atoms with E-state index in [0.717, 1.165) is 18.4 Å². The molecule has 2 rings (SSSR count). The molecule has 4 nitrogen and oxygen atoms in total. The van der Waals surface area contributed by atoms with Crippen molar-refractivity contribution in [1.82, 2.24) is 9.62 Å². The van der Waals surface area contributed by atoms with Crippen LogP contribution in [0.25, 0.3) is 0 Å². The van der Waals surface area contributed by atoms with Crippen LogP contribution in [-0.4, -0.2) is 31.9 Å². The van der Waals surface area contributed by atoms with Crippen molar-refractivity contribution in [3.05, 3.63) is 28.8 Å². The largest absolute Gasteiger partial charge is 0.310 e. The second kappa shape index (κ2) is 6.43. The normalized spacial score (nSPS) is 17.0. The van der Waals surface area contributed by atoms with Crippen molar-refractivity contribution in [2.24, 2.45) is 0 Å². The topological polar surface area (TPSA) is 49.4 Å². The van der Waals surface area contributed by atoms with Gasteiger partial charge in [-0.1, -0.05) is 31.5 Å². The molecule has 1 saturated heterocycles. The molecule has 0 spiro atoms. The van der Waals surface area contributed by atoms with Gasteiger partial charge in [-0.3, -0.25) is 0 Å². The van der Waals surface area contributed by atoms with Crippen LogP contribution in [0.1, 0.15) is 32.3 Å². The summed E-state index contributed by atoms with van der Waals surface area (Å²) in [4.78, 5) is 0.290. The Morgan fingerprint density at radius 2 is 1.95 bits per heavy atom. The summed E-state index contributed by atoms with van der Waals surface area (Å²) in [7, 11) is -3.38. The summed E-state index contributed by atoms with van der Waals surface area (Å²) in [6.45, 7) is 5.97. The molecule has 0 saturated carbocycles. The van der Waals surface area contributed by atoms with E-state index in [0.29, 0.717) is 30.7 Å². The fraction of sp³-hybridized carbons (Fsp3) is 0.571. The predicted octanol–water partition coefficient (Wildman–Crippen LogP) is 2.62. The van der Waals surface area contributed by atoms with E-state index >= 15 is 0 Å². The molecule has 0 unspecified atom stereocenters. The Bertz CT molecular complexity index is 567. The Hall–Kier alpha value is -0.620. The lowest BCUT2D eigenvalue weighted by Crippen LogP contribution is -2.28. The molecule has 112 valence electrons. The number of rotatable bonds is 5. The van der Waals surface area contributed by atoms with Crippen LogP contribution >= 0.6 is 11.6 Å². The lowest BCUT2D eigenvalue weighted by molar-refractivity contribution is 0.477. The van der Waals surface area contributed by atoms with Crippen LogP contribution in [0.3, 0.4) is 0 Å². The van der Waals surface area contributed by atoms with Crippen molar-refractivity contribution in [3.63, 3.8) is 0 Å². The third kappa shape index (κ3) is 3.52. The van der Waals surface area contributed by atoms with Gasteiger partial charge in [0, 0.05) is 30.7 Å². The minimum atomic E-state index is -3.38. The maximum absolute atomic E-state index is 12.4. The van der Waals surface area contributed by atoms with Crippen LogP contribution in [0.5, 0.6) is 0 Å². The van der Waals surface area contributed by atoms with E-state index in [1.54, 1.807) is 18.2 Å². The van der Waals surface area contributed by atoms with E-state index < -0.39 is 10.0 Å². The summed E-state index contributed by atoms with van der Waals surface area (Å²) in [5.41, 5.74) is 0.917. The minimum absolute atomic E-state index is 0.290. The van der Waals surface area contributed by atoms with E-state index in [1.807, 2.05) is 0 Å². The van der Waals surface area contributed by atoms with Crippen molar-refractivity contribution in [3.8, 4) is 0 Å². The first-order valence-electron chi connectivity index (χ1n) is 6.93. The monoisotopic (exact) mass is 316 g/mol. The molecule has 0 radical (unpaired) electrons. The number of nitrogens with one attached hydrogen (secondary N) is 1. The summed E-state index contributed by atoms with van der Waals surface area (Å²) in [6, 6.07) is 5.36. The van der Waals surface area contributed by atoms with Crippen LogP contribution in [0, 0.1) is 0 Å². The fourth-order valence-corrected chi connectivity index (χ4v) is 4.08. The standard InChI is InChI=1S/C14H21ClN2O2S/c1-11(2)16-10-12-5-6-13(9-14(12)15)20(18,19)17-7-3-4-8-17/h5-6,9,11,16H,3-4,7-8,10H2,1-2H3. The summed E-state index contributed by atoms with van der Waals surface area (Å²) >= 11 is 6.20. The molecule has 0 atom stereocenters. The first-order chi connectivity index (χ1) is 9.41. The number of hydrogen-bond acceptors (Lipinski definition) is 3. The third-order valence-electron chi connectivity index (χ3n) is 3.43. The van der Waals surface area contributed by atoms with Crippen molar-refractivity contribution in [2.45, 2.75) is 44.2 Å². The van der Waals surface area contributed by atoms with Gasteiger partial charge in [0.05, 0.1) is 4.90 Å². The molecule has 1 fully saturated rings. The average molecular weight is 317 g/mol. The van der Waals surface area contributed by atoms with E-state index in [9.17, 15) is 8.42 Å². The molecule has 1 heterocycles. The van der Waals surface area contributed by atoms with Crippen LogP contribution in [0.2, 0.25) is 5.02 Å². The predicted molar refractivity (Wildman–Crippen MR) is 81.4 cm³/mol. The Morgan fingerprint density at radius 3 is 2.50 bits per heavy atom. The number of halogens is 1. The molecule has 1 aromatic carbocycles.